The molecule has 1 aromatic rings. The molecular formula is C13H20N4O2. The van der Waals surface area contributed by atoms with Gasteiger partial charge in [0.2, 0.25) is 5.91 Å². The van der Waals surface area contributed by atoms with Crippen molar-refractivity contribution >= 4 is 11.8 Å². The lowest BCUT2D eigenvalue weighted by Crippen LogP contribution is -2.57. The van der Waals surface area contributed by atoms with E-state index in [1.54, 1.807) is 15.6 Å². The molecule has 0 aliphatic carbocycles. The van der Waals surface area contributed by atoms with Gasteiger partial charge in [0.05, 0.1) is 5.69 Å². The van der Waals surface area contributed by atoms with Gasteiger partial charge >= 0.3 is 0 Å². The topological polar surface area (TPSA) is 67.2 Å². The van der Waals surface area contributed by atoms with E-state index in [-0.39, 0.29) is 17.9 Å². The minimum Gasteiger partial charge on any atom is -0.353 e. The van der Waals surface area contributed by atoms with Crippen LogP contribution in [0.1, 0.15) is 36.5 Å². The van der Waals surface area contributed by atoms with Crippen LogP contribution in [0.4, 0.5) is 0 Å². The summed E-state index contributed by atoms with van der Waals surface area (Å²) in [5.41, 5.74) is 1.38. The fourth-order valence-corrected chi connectivity index (χ4v) is 2.47. The molecular weight excluding hydrogens is 244 g/mol. The Morgan fingerprint density at radius 1 is 1.53 bits per heavy atom. The molecule has 0 spiro atoms. The number of amides is 2. The third kappa shape index (κ3) is 2.47. The fraction of sp³-hybridized carbons (Fsp3) is 0.615. The van der Waals surface area contributed by atoms with E-state index in [4.69, 9.17) is 0 Å². The number of hydrogen-bond acceptors (Lipinski definition) is 3. The van der Waals surface area contributed by atoms with Crippen molar-refractivity contribution in [1.29, 1.82) is 0 Å². The predicted octanol–water partition coefficient (Wildman–Crippen LogP) is 0.562. The second-order valence-electron chi connectivity index (χ2n) is 4.70. The number of nitrogens with zero attached hydrogens (tertiary/aromatic N) is 3. The number of nitrogens with one attached hydrogen (secondary N) is 1. The number of hydrogen-bond donors (Lipinski definition) is 1. The maximum Gasteiger partial charge on any atom is 0.272 e. The van der Waals surface area contributed by atoms with E-state index in [0.717, 1.165) is 5.69 Å². The second kappa shape index (κ2) is 5.42. The van der Waals surface area contributed by atoms with Gasteiger partial charge in [-0.25, -0.2) is 0 Å². The molecule has 1 aliphatic rings. The third-order valence-corrected chi connectivity index (χ3v) is 3.40. The highest BCUT2D eigenvalue weighted by Gasteiger charge is 2.33. The van der Waals surface area contributed by atoms with Crippen LogP contribution in [0.2, 0.25) is 0 Å². The van der Waals surface area contributed by atoms with Crippen LogP contribution in [0, 0.1) is 6.92 Å². The van der Waals surface area contributed by atoms with Crippen LogP contribution in [0.3, 0.4) is 0 Å². The zero-order chi connectivity index (χ0) is 14.0. The average molecular weight is 264 g/mol. The zero-order valence-electron chi connectivity index (χ0n) is 11.6. The zero-order valence-corrected chi connectivity index (χ0v) is 11.6. The van der Waals surface area contributed by atoms with Crippen molar-refractivity contribution in [2.75, 3.05) is 13.1 Å². The monoisotopic (exact) mass is 264 g/mol. The van der Waals surface area contributed by atoms with Crippen molar-refractivity contribution < 1.29 is 9.59 Å². The lowest BCUT2D eigenvalue weighted by Gasteiger charge is -2.34. The van der Waals surface area contributed by atoms with Crippen molar-refractivity contribution in [2.45, 2.75) is 39.8 Å². The van der Waals surface area contributed by atoms with Crippen LogP contribution < -0.4 is 5.32 Å². The van der Waals surface area contributed by atoms with Gasteiger partial charge in [-0.15, -0.1) is 0 Å². The number of aryl methyl sites for hydroxylation is 2. The summed E-state index contributed by atoms with van der Waals surface area (Å²) in [6.07, 6.45) is 0.622. The van der Waals surface area contributed by atoms with Gasteiger partial charge in [-0.2, -0.15) is 5.10 Å². The predicted molar refractivity (Wildman–Crippen MR) is 70.8 cm³/mol. The minimum absolute atomic E-state index is 0.0682. The number of carbonyl (C=O) groups is 2. The summed E-state index contributed by atoms with van der Waals surface area (Å²) >= 11 is 0. The minimum atomic E-state index is -0.373. The molecule has 0 saturated carbocycles. The molecule has 1 aliphatic heterocycles. The SMILES string of the molecule is CCC1C(=O)NCCN1C(=O)c1cc(C)nn1CC. The van der Waals surface area contributed by atoms with E-state index in [1.807, 2.05) is 20.8 Å². The molecule has 19 heavy (non-hydrogen) atoms. The van der Waals surface area contributed by atoms with Crippen LogP contribution in [0.25, 0.3) is 0 Å². The molecule has 0 bridgehead atoms. The van der Waals surface area contributed by atoms with Gasteiger partial charge in [-0.3, -0.25) is 14.3 Å². The van der Waals surface area contributed by atoms with Crippen LogP contribution in [-0.4, -0.2) is 45.6 Å². The first-order valence-corrected chi connectivity index (χ1v) is 6.71. The lowest BCUT2D eigenvalue weighted by molar-refractivity contribution is -0.127. The van der Waals surface area contributed by atoms with Crippen LogP contribution >= 0.6 is 0 Å². The van der Waals surface area contributed by atoms with Crippen molar-refractivity contribution in [1.82, 2.24) is 20.0 Å². The average Bonchev–Trinajstić information content (AvgIpc) is 2.78. The van der Waals surface area contributed by atoms with E-state index in [9.17, 15) is 9.59 Å². The molecule has 1 N–H and O–H groups in total. The Hall–Kier alpha value is -1.85. The standard InChI is InChI=1S/C13H20N4O2/c1-4-10-12(18)14-6-7-16(10)13(19)11-8-9(3)15-17(11)5-2/h8,10H,4-7H2,1-3H3,(H,14,18). The van der Waals surface area contributed by atoms with Gasteiger partial charge in [-0.1, -0.05) is 6.92 Å². The van der Waals surface area contributed by atoms with Crippen LogP contribution in [-0.2, 0) is 11.3 Å². The molecule has 1 atom stereocenters. The second-order valence-corrected chi connectivity index (χ2v) is 4.70. The Kier molecular flexibility index (Phi) is 3.87. The molecule has 2 heterocycles. The summed E-state index contributed by atoms with van der Waals surface area (Å²) in [7, 11) is 0. The Balaban J connectivity index is 2.29. The van der Waals surface area contributed by atoms with Crippen molar-refractivity contribution in [3.8, 4) is 0 Å². The molecule has 6 nitrogen and oxygen atoms in total. The first-order chi connectivity index (χ1) is 9.08. The lowest BCUT2D eigenvalue weighted by atomic mass is 10.1. The van der Waals surface area contributed by atoms with Crippen LogP contribution in [0.5, 0.6) is 0 Å². The fourth-order valence-electron chi connectivity index (χ4n) is 2.47. The Labute approximate surface area is 112 Å². The van der Waals surface area contributed by atoms with Gasteiger partial charge in [-0.05, 0) is 26.3 Å². The normalized spacial score (nSPS) is 19.4. The highest BCUT2D eigenvalue weighted by atomic mass is 16.2. The van der Waals surface area contributed by atoms with Crippen LogP contribution in [0.15, 0.2) is 6.07 Å². The van der Waals surface area contributed by atoms with Gasteiger partial charge in [0.1, 0.15) is 11.7 Å². The van der Waals surface area contributed by atoms with E-state index in [0.29, 0.717) is 31.7 Å². The van der Waals surface area contributed by atoms with Gasteiger partial charge < -0.3 is 10.2 Å². The number of piperazine rings is 1. The molecule has 0 aromatic carbocycles. The number of rotatable bonds is 3. The summed E-state index contributed by atoms with van der Waals surface area (Å²) in [5.74, 6) is -0.175. The summed E-state index contributed by atoms with van der Waals surface area (Å²) in [6, 6.07) is 1.41. The van der Waals surface area contributed by atoms with Crippen molar-refractivity contribution in [3.05, 3.63) is 17.5 Å². The largest absolute Gasteiger partial charge is 0.353 e. The van der Waals surface area contributed by atoms with E-state index in [2.05, 4.69) is 10.4 Å². The third-order valence-electron chi connectivity index (χ3n) is 3.40. The highest BCUT2D eigenvalue weighted by molar-refractivity contribution is 5.97. The first-order valence-electron chi connectivity index (χ1n) is 6.71. The Morgan fingerprint density at radius 2 is 2.26 bits per heavy atom. The molecule has 1 aromatic heterocycles. The molecule has 1 saturated heterocycles. The van der Waals surface area contributed by atoms with Gasteiger partial charge in [0.15, 0.2) is 0 Å². The summed E-state index contributed by atoms with van der Waals surface area (Å²) < 4.78 is 1.69. The van der Waals surface area contributed by atoms with E-state index < -0.39 is 0 Å². The highest BCUT2D eigenvalue weighted by Crippen LogP contribution is 2.14. The van der Waals surface area contributed by atoms with Gasteiger partial charge in [0.25, 0.3) is 5.91 Å². The Morgan fingerprint density at radius 3 is 2.89 bits per heavy atom. The molecule has 1 fully saturated rings. The summed E-state index contributed by atoms with van der Waals surface area (Å²) in [5, 5.41) is 7.08. The molecule has 1 unspecified atom stereocenters. The van der Waals surface area contributed by atoms with E-state index in [1.165, 1.54) is 0 Å². The van der Waals surface area contributed by atoms with Crippen molar-refractivity contribution in [3.63, 3.8) is 0 Å². The smallest absolute Gasteiger partial charge is 0.272 e. The molecule has 2 amide bonds. The maximum atomic E-state index is 12.6. The van der Waals surface area contributed by atoms with E-state index >= 15 is 0 Å². The molecule has 104 valence electrons. The van der Waals surface area contributed by atoms with Gasteiger partial charge in [0, 0.05) is 19.6 Å². The number of carbonyl (C=O) groups excluding carboxylic acids is 2. The number of aromatic nitrogens is 2. The molecule has 0 radical (unpaired) electrons. The molecule has 2 rings (SSSR count). The van der Waals surface area contributed by atoms with Crippen molar-refractivity contribution in [2.24, 2.45) is 0 Å². The first kappa shape index (κ1) is 13.6. The quantitative estimate of drug-likeness (QED) is 0.867. The molecule has 6 heteroatoms. The summed E-state index contributed by atoms with van der Waals surface area (Å²) in [4.78, 5) is 26.1. The Bertz CT molecular complexity index is 495. The maximum absolute atomic E-state index is 12.6. The summed E-state index contributed by atoms with van der Waals surface area (Å²) in [6.45, 7) is 7.44.